The van der Waals surface area contributed by atoms with Gasteiger partial charge >= 0.3 is 12.4 Å². The second kappa shape index (κ2) is 5.98. The van der Waals surface area contributed by atoms with Crippen LogP contribution in [0.2, 0.25) is 0 Å². The summed E-state index contributed by atoms with van der Waals surface area (Å²) >= 11 is 0. The molecule has 0 saturated heterocycles. The molecular formula is C16H11F6NO2. The molecule has 0 aliphatic rings. The summed E-state index contributed by atoms with van der Waals surface area (Å²) in [6.45, 7) is 1.25. The molecule has 0 atom stereocenters. The van der Waals surface area contributed by atoms with Crippen molar-refractivity contribution in [2.24, 2.45) is 5.73 Å². The van der Waals surface area contributed by atoms with Gasteiger partial charge in [0.05, 0.1) is 16.7 Å². The molecule has 9 heteroatoms. The van der Waals surface area contributed by atoms with Crippen LogP contribution in [0.5, 0.6) is 5.75 Å². The number of primary amides is 1. The number of aromatic hydroxyl groups is 1. The monoisotopic (exact) mass is 363 g/mol. The van der Waals surface area contributed by atoms with Crippen molar-refractivity contribution in [3.8, 4) is 16.9 Å². The van der Waals surface area contributed by atoms with Gasteiger partial charge in [-0.3, -0.25) is 4.79 Å². The van der Waals surface area contributed by atoms with Gasteiger partial charge in [0.25, 0.3) is 5.91 Å². The number of amides is 1. The van der Waals surface area contributed by atoms with Crippen molar-refractivity contribution in [2.75, 3.05) is 0 Å². The minimum absolute atomic E-state index is 0.0104. The average molecular weight is 363 g/mol. The maximum atomic E-state index is 12.9. The normalized spacial score (nSPS) is 12.3. The molecule has 0 unspecified atom stereocenters. The lowest BCUT2D eigenvalue weighted by Crippen LogP contribution is -2.12. The van der Waals surface area contributed by atoms with E-state index in [0.717, 1.165) is 12.1 Å². The van der Waals surface area contributed by atoms with E-state index in [1.807, 2.05) is 0 Å². The Balaban J connectivity index is 2.75. The van der Waals surface area contributed by atoms with Crippen LogP contribution in [0, 0.1) is 6.92 Å². The molecule has 3 nitrogen and oxygen atoms in total. The van der Waals surface area contributed by atoms with Gasteiger partial charge in [-0.2, -0.15) is 26.3 Å². The number of phenols is 1. The Morgan fingerprint density at radius 2 is 1.44 bits per heavy atom. The Kier molecular flexibility index (Phi) is 4.45. The summed E-state index contributed by atoms with van der Waals surface area (Å²) in [5.74, 6) is -1.58. The zero-order valence-corrected chi connectivity index (χ0v) is 12.6. The van der Waals surface area contributed by atoms with Crippen LogP contribution >= 0.6 is 0 Å². The van der Waals surface area contributed by atoms with Crippen LogP contribution in [0.1, 0.15) is 27.0 Å². The van der Waals surface area contributed by atoms with Crippen molar-refractivity contribution >= 4 is 5.91 Å². The van der Waals surface area contributed by atoms with Crippen LogP contribution in [-0.2, 0) is 12.4 Å². The maximum absolute atomic E-state index is 12.9. The molecule has 1 amide bonds. The minimum Gasteiger partial charge on any atom is -0.507 e. The van der Waals surface area contributed by atoms with Crippen LogP contribution < -0.4 is 5.73 Å². The summed E-state index contributed by atoms with van der Waals surface area (Å²) in [6.07, 6.45) is -9.97. The van der Waals surface area contributed by atoms with E-state index in [1.165, 1.54) is 6.92 Å². The summed E-state index contributed by atoms with van der Waals surface area (Å²) < 4.78 is 77.5. The van der Waals surface area contributed by atoms with Crippen molar-refractivity contribution in [2.45, 2.75) is 19.3 Å². The molecule has 0 saturated carbocycles. The third kappa shape index (κ3) is 3.70. The number of halogens is 6. The van der Waals surface area contributed by atoms with E-state index in [2.05, 4.69) is 0 Å². The molecule has 0 fully saturated rings. The highest BCUT2D eigenvalue weighted by Crippen LogP contribution is 2.40. The van der Waals surface area contributed by atoms with Gasteiger partial charge < -0.3 is 10.8 Å². The van der Waals surface area contributed by atoms with Crippen molar-refractivity contribution in [1.29, 1.82) is 0 Å². The fourth-order valence-corrected chi connectivity index (χ4v) is 2.32. The van der Waals surface area contributed by atoms with E-state index >= 15 is 0 Å². The second-order valence-electron chi connectivity index (χ2n) is 5.29. The van der Waals surface area contributed by atoms with Crippen LogP contribution in [0.25, 0.3) is 11.1 Å². The standard InChI is InChI=1S/C16H11F6NO2/c1-7-11(2-3-12(13(7)24)14(23)25)8-4-9(15(17,18)19)6-10(5-8)16(20,21)22/h2-6,24H,1H3,(H2,23,25). The predicted molar refractivity (Wildman–Crippen MR) is 76.8 cm³/mol. The molecular weight excluding hydrogens is 352 g/mol. The third-order valence-corrected chi connectivity index (χ3v) is 3.60. The predicted octanol–water partition coefficient (Wildman–Crippen LogP) is 4.50. The highest BCUT2D eigenvalue weighted by Gasteiger charge is 2.37. The molecule has 2 aromatic rings. The average Bonchev–Trinajstić information content (AvgIpc) is 2.47. The third-order valence-electron chi connectivity index (χ3n) is 3.60. The van der Waals surface area contributed by atoms with Crippen LogP contribution in [0.4, 0.5) is 26.3 Å². The van der Waals surface area contributed by atoms with Crippen molar-refractivity contribution in [1.82, 2.24) is 0 Å². The van der Waals surface area contributed by atoms with Crippen molar-refractivity contribution in [3.05, 3.63) is 52.6 Å². The molecule has 134 valence electrons. The zero-order valence-electron chi connectivity index (χ0n) is 12.6. The number of nitrogens with two attached hydrogens (primary N) is 1. The zero-order chi connectivity index (χ0) is 19.2. The molecule has 2 rings (SSSR count). The Morgan fingerprint density at radius 1 is 0.960 bits per heavy atom. The molecule has 25 heavy (non-hydrogen) atoms. The molecule has 2 aromatic carbocycles. The highest BCUT2D eigenvalue weighted by atomic mass is 19.4. The number of hydrogen-bond acceptors (Lipinski definition) is 2. The van der Waals surface area contributed by atoms with Crippen LogP contribution in [0.3, 0.4) is 0 Å². The summed E-state index contributed by atoms with van der Waals surface area (Å²) in [7, 11) is 0. The van der Waals surface area contributed by atoms with Gasteiger partial charge in [-0.15, -0.1) is 0 Å². The van der Waals surface area contributed by atoms with Crippen molar-refractivity contribution in [3.63, 3.8) is 0 Å². The number of benzene rings is 2. The van der Waals surface area contributed by atoms with Gasteiger partial charge in [0.2, 0.25) is 0 Å². The molecule has 0 spiro atoms. The lowest BCUT2D eigenvalue weighted by atomic mass is 9.94. The number of hydrogen-bond donors (Lipinski definition) is 2. The fourth-order valence-electron chi connectivity index (χ4n) is 2.32. The number of alkyl halides is 6. The fraction of sp³-hybridized carbons (Fsp3) is 0.188. The lowest BCUT2D eigenvalue weighted by Gasteiger charge is -2.16. The molecule has 0 aliphatic carbocycles. The Bertz CT molecular complexity index is 807. The van der Waals surface area contributed by atoms with E-state index in [9.17, 15) is 36.2 Å². The highest BCUT2D eigenvalue weighted by molar-refractivity contribution is 5.97. The number of carbonyl (C=O) groups excluding carboxylic acids is 1. The molecule has 3 N–H and O–H groups in total. The summed E-state index contributed by atoms with van der Waals surface area (Å²) in [6, 6.07) is 3.26. The van der Waals surface area contributed by atoms with Gasteiger partial charge in [-0.05, 0) is 47.9 Å². The lowest BCUT2D eigenvalue weighted by molar-refractivity contribution is -0.143. The first-order valence-electron chi connectivity index (χ1n) is 6.74. The van der Waals surface area contributed by atoms with Gasteiger partial charge in [-0.25, -0.2) is 0 Å². The van der Waals surface area contributed by atoms with Crippen LogP contribution in [0.15, 0.2) is 30.3 Å². The van der Waals surface area contributed by atoms with Crippen molar-refractivity contribution < 1.29 is 36.2 Å². The Labute approximate surface area is 137 Å². The number of carbonyl (C=O) groups is 1. The first-order valence-corrected chi connectivity index (χ1v) is 6.74. The molecule has 0 heterocycles. The van der Waals surface area contributed by atoms with Gasteiger partial charge in [0.1, 0.15) is 5.75 Å². The summed E-state index contributed by atoms with van der Waals surface area (Å²) in [4.78, 5) is 11.2. The van der Waals surface area contributed by atoms with Gasteiger partial charge in [0.15, 0.2) is 0 Å². The van der Waals surface area contributed by atoms with E-state index in [1.54, 1.807) is 0 Å². The largest absolute Gasteiger partial charge is 0.507 e. The summed E-state index contributed by atoms with van der Waals surface area (Å²) in [5, 5.41) is 9.92. The number of rotatable bonds is 2. The Hall–Kier alpha value is -2.71. The van der Waals surface area contributed by atoms with E-state index in [4.69, 9.17) is 5.73 Å². The quantitative estimate of drug-likeness (QED) is 0.772. The first kappa shape index (κ1) is 18.6. The van der Waals surface area contributed by atoms with Gasteiger partial charge in [0, 0.05) is 0 Å². The summed E-state index contributed by atoms with van der Waals surface area (Å²) in [5.41, 5.74) is 1.25. The maximum Gasteiger partial charge on any atom is 0.416 e. The van der Waals surface area contributed by atoms with Crippen LogP contribution in [-0.4, -0.2) is 11.0 Å². The van der Waals surface area contributed by atoms with E-state index in [-0.39, 0.29) is 22.8 Å². The van der Waals surface area contributed by atoms with E-state index < -0.39 is 40.7 Å². The topological polar surface area (TPSA) is 63.3 Å². The second-order valence-corrected chi connectivity index (χ2v) is 5.29. The first-order chi connectivity index (χ1) is 11.3. The SMILES string of the molecule is Cc1c(-c2cc(C(F)(F)F)cc(C(F)(F)F)c2)ccc(C(N)=O)c1O. The van der Waals surface area contributed by atoms with E-state index in [0.29, 0.717) is 12.1 Å². The van der Waals surface area contributed by atoms with Gasteiger partial charge in [-0.1, -0.05) is 6.07 Å². The smallest absolute Gasteiger partial charge is 0.416 e. The minimum atomic E-state index is -4.99. The molecule has 0 bridgehead atoms. The Morgan fingerprint density at radius 3 is 1.84 bits per heavy atom. The molecule has 0 aromatic heterocycles. The molecule has 0 aliphatic heterocycles. The molecule has 0 radical (unpaired) electrons.